The molecule has 5 rings (SSSR count). The second-order valence-electron chi connectivity index (χ2n) is 10.5. The summed E-state index contributed by atoms with van der Waals surface area (Å²) in [6.07, 6.45) is 2.60. The Bertz CT molecular complexity index is 1530. The predicted molar refractivity (Wildman–Crippen MR) is 146 cm³/mol. The molecule has 0 spiro atoms. The maximum absolute atomic E-state index is 13.2. The first-order chi connectivity index (χ1) is 18.6. The number of ether oxygens (including phenoxy) is 1. The summed E-state index contributed by atoms with van der Waals surface area (Å²) in [7, 11) is 0. The highest BCUT2D eigenvalue weighted by atomic mass is 19.1. The molecule has 39 heavy (non-hydrogen) atoms. The standard InChI is InChI=1S/C28H30FN7O3/c1-28(2,3)39-27(38)35-13-5-8-21(15-35)36-25-22(24(30)31-16-32-25)23(34-36)17-6-4-7-18(14-17)26(37)33-20-11-9-19(29)10-12-20/h4,6-7,9-12,14,16,21H,5,8,13,15H2,1-3H3,(H,33,37)(H2,30,31,32)/t21-/m1/s1. The number of hydrogen-bond acceptors (Lipinski definition) is 7. The molecule has 0 radical (unpaired) electrons. The van der Waals surface area contributed by atoms with E-state index in [1.807, 2.05) is 26.8 Å². The lowest BCUT2D eigenvalue weighted by Crippen LogP contribution is -2.43. The SMILES string of the molecule is CC(C)(C)OC(=O)N1CCC[C@@H](n2nc(-c3cccc(C(=O)Nc4ccc(F)cc4)c3)c3c(N)ncnc32)C1. The highest BCUT2D eigenvalue weighted by Gasteiger charge is 2.31. The van der Waals surface area contributed by atoms with Gasteiger partial charge >= 0.3 is 6.09 Å². The Balaban J connectivity index is 1.47. The van der Waals surface area contributed by atoms with E-state index < -0.39 is 5.60 Å². The number of anilines is 2. The number of likely N-dealkylation sites (tertiary alicyclic amines) is 1. The van der Waals surface area contributed by atoms with Crippen LogP contribution in [0.15, 0.2) is 54.9 Å². The fourth-order valence-electron chi connectivity index (χ4n) is 4.64. The highest BCUT2D eigenvalue weighted by molar-refractivity contribution is 6.06. The zero-order valence-corrected chi connectivity index (χ0v) is 22.0. The molecule has 3 N–H and O–H groups in total. The summed E-state index contributed by atoms with van der Waals surface area (Å²) in [5, 5.41) is 8.23. The van der Waals surface area contributed by atoms with Crippen LogP contribution < -0.4 is 11.1 Å². The number of amides is 2. The maximum Gasteiger partial charge on any atom is 0.410 e. The number of hydrogen-bond donors (Lipinski definition) is 2. The summed E-state index contributed by atoms with van der Waals surface area (Å²) in [6, 6.07) is 12.4. The molecular weight excluding hydrogens is 501 g/mol. The first-order valence-corrected chi connectivity index (χ1v) is 12.7. The Kier molecular flexibility index (Phi) is 6.90. The van der Waals surface area contributed by atoms with E-state index in [0.29, 0.717) is 46.6 Å². The molecule has 0 unspecified atom stereocenters. The van der Waals surface area contributed by atoms with E-state index in [1.54, 1.807) is 27.8 Å². The van der Waals surface area contributed by atoms with Crippen LogP contribution in [0.1, 0.15) is 50.0 Å². The molecule has 4 aromatic rings. The molecule has 2 aromatic carbocycles. The number of benzene rings is 2. The summed E-state index contributed by atoms with van der Waals surface area (Å²) in [6.45, 7) is 6.53. The molecular formula is C28H30FN7O3. The fourth-order valence-corrected chi connectivity index (χ4v) is 4.64. The molecule has 2 amide bonds. The third-order valence-electron chi connectivity index (χ3n) is 6.41. The number of nitrogens with two attached hydrogens (primary N) is 1. The van der Waals surface area contributed by atoms with Gasteiger partial charge in [-0.2, -0.15) is 5.10 Å². The second kappa shape index (κ2) is 10.3. The lowest BCUT2D eigenvalue weighted by atomic mass is 10.1. The molecule has 10 nitrogen and oxygen atoms in total. The number of piperidine rings is 1. The van der Waals surface area contributed by atoms with Crippen molar-refractivity contribution in [2.45, 2.75) is 45.3 Å². The Morgan fingerprint density at radius 1 is 1.13 bits per heavy atom. The van der Waals surface area contributed by atoms with Crippen LogP contribution in [0, 0.1) is 5.82 Å². The van der Waals surface area contributed by atoms with E-state index in [9.17, 15) is 14.0 Å². The van der Waals surface area contributed by atoms with Gasteiger partial charge in [-0.05, 0) is 70.0 Å². The number of nitrogens with one attached hydrogen (secondary N) is 1. The first kappa shape index (κ1) is 26.1. The van der Waals surface area contributed by atoms with Gasteiger partial charge in [-0.25, -0.2) is 23.8 Å². The van der Waals surface area contributed by atoms with Crippen LogP contribution in [-0.2, 0) is 4.74 Å². The maximum atomic E-state index is 13.2. The number of halogens is 1. The third kappa shape index (κ3) is 5.66. The van der Waals surface area contributed by atoms with Gasteiger partial charge in [0.1, 0.15) is 29.3 Å². The van der Waals surface area contributed by atoms with Crippen LogP contribution in [-0.4, -0.2) is 55.3 Å². The van der Waals surface area contributed by atoms with Crippen molar-refractivity contribution in [3.05, 3.63) is 66.2 Å². The van der Waals surface area contributed by atoms with Crippen LogP contribution in [0.25, 0.3) is 22.3 Å². The van der Waals surface area contributed by atoms with Crippen LogP contribution in [0.5, 0.6) is 0 Å². The lowest BCUT2D eigenvalue weighted by molar-refractivity contribution is 0.0169. The Labute approximate surface area is 225 Å². The van der Waals surface area contributed by atoms with Crippen molar-refractivity contribution in [2.75, 3.05) is 24.1 Å². The summed E-state index contributed by atoms with van der Waals surface area (Å²) < 4.78 is 20.6. The number of nitrogen functional groups attached to an aromatic ring is 1. The zero-order chi connectivity index (χ0) is 27.7. The first-order valence-electron chi connectivity index (χ1n) is 12.7. The monoisotopic (exact) mass is 531 g/mol. The minimum Gasteiger partial charge on any atom is -0.444 e. The average Bonchev–Trinajstić information content (AvgIpc) is 3.30. The summed E-state index contributed by atoms with van der Waals surface area (Å²) in [4.78, 5) is 36.0. The zero-order valence-electron chi connectivity index (χ0n) is 22.0. The summed E-state index contributed by atoms with van der Waals surface area (Å²) >= 11 is 0. The molecule has 1 fully saturated rings. The Hall–Kier alpha value is -4.54. The van der Waals surface area contributed by atoms with E-state index in [2.05, 4.69) is 15.3 Å². The van der Waals surface area contributed by atoms with Crippen molar-refractivity contribution in [3.63, 3.8) is 0 Å². The summed E-state index contributed by atoms with van der Waals surface area (Å²) in [5.41, 5.74) is 8.32. The average molecular weight is 532 g/mol. The number of fused-ring (bicyclic) bond motifs is 1. The van der Waals surface area contributed by atoms with E-state index >= 15 is 0 Å². The number of nitrogens with zero attached hydrogens (tertiary/aromatic N) is 5. The quantitative estimate of drug-likeness (QED) is 0.378. The van der Waals surface area contributed by atoms with Crippen molar-refractivity contribution >= 4 is 34.5 Å². The molecule has 0 saturated carbocycles. The van der Waals surface area contributed by atoms with Gasteiger partial charge in [-0.3, -0.25) is 4.79 Å². The van der Waals surface area contributed by atoms with Crippen molar-refractivity contribution in [1.29, 1.82) is 0 Å². The van der Waals surface area contributed by atoms with Crippen molar-refractivity contribution in [2.24, 2.45) is 0 Å². The van der Waals surface area contributed by atoms with Gasteiger partial charge in [0.15, 0.2) is 5.65 Å². The van der Waals surface area contributed by atoms with Gasteiger partial charge < -0.3 is 20.7 Å². The van der Waals surface area contributed by atoms with Gasteiger partial charge in [-0.1, -0.05) is 12.1 Å². The number of carbonyl (C=O) groups excluding carboxylic acids is 2. The third-order valence-corrected chi connectivity index (χ3v) is 6.41. The largest absolute Gasteiger partial charge is 0.444 e. The minimum atomic E-state index is -0.592. The molecule has 1 aliphatic heterocycles. The molecule has 3 heterocycles. The van der Waals surface area contributed by atoms with E-state index in [-0.39, 0.29) is 29.7 Å². The van der Waals surface area contributed by atoms with E-state index in [1.165, 1.54) is 30.6 Å². The van der Waals surface area contributed by atoms with E-state index in [0.717, 1.165) is 12.8 Å². The van der Waals surface area contributed by atoms with Gasteiger partial charge in [0.05, 0.1) is 11.4 Å². The minimum absolute atomic E-state index is 0.151. The Morgan fingerprint density at radius 3 is 2.64 bits per heavy atom. The highest BCUT2D eigenvalue weighted by Crippen LogP contribution is 2.34. The van der Waals surface area contributed by atoms with Crippen LogP contribution in [0.4, 0.5) is 20.7 Å². The van der Waals surface area contributed by atoms with Crippen LogP contribution in [0.2, 0.25) is 0 Å². The normalized spacial score (nSPS) is 15.8. The van der Waals surface area contributed by atoms with Crippen molar-refractivity contribution in [3.8, 4) is 11.3 Å². The molecule has 1 atom stereocenters. The van der Waals surface area contributed by atoms with Crippen LogP contribution in [0.3, 0.4) is 0 Å². The predicted octanol–water partition coefficient (Wildman–Crippen LogP) is 5.04. The molecule has 202 valence electrons. The van der Waals surface area contributed by atoms with Crippen LogP contribution >= 0.6 is 0 Å². The van der Waals surface area contributed by atoms with Gasteiger partial charge in [0, 0.05) is 29.9 Å². The van der Waals surface area contributed by atoms with Crippen molar-refractivity contribution < 1.29 is 18.7 Å². The van der Waals surface area contributed by atoms with E-state index in [4.69, 9.17) is 15.6 Å². The van der Waals surface area contributed by atoms with Gasteiger partial charge in [0.2, 0.25) is 0 Å². The van der Waals surface area contributed by atoms with Gasteiger partial charge in [-0.15, -0.1) is 0 Å². The fraction of sp³-hybridized carbons (Fsp3) is 0.321. The Morgan fingerprint density at radius 2 is 1.90 bits per heavy atom. The number of rotatable bonds is 4. The van der Waals surface area contributed by atoms with Gasteiger partial charge in [0.25, 0.3) is 5.91 Å². The lowest BCUT2D eigenvalue weighted by Gasteiger charge is -2.34. The molecule has 0 aliphatic carbocycles. The topological polar surface area (TPSA) is 128 Å². The van der Waals surface area contributed by atoms with Crippen molar-refractivity contribution in [1.82, 2.24) is 24.6 Å². The molecule has 1 saturated heterocycles. The molecule has 2 aromatic heterocycles. The second-order valence-corrected chi connectivity index (χ2v) is 10.5. The molecule has 1 aliphatic rings. The molecule has 0 bridgehead atoms. The number of aromatic nitrogens is 4. The molecule has 11 heteroatoms. The number of carbonyl (C=O) groups is 2. The smallest absolute Gasteiger partial charge is 0.410 e. The summed E-state index contributed by atoms with van der Waals surface area (Å²) in [5.74, 6) is -0.469.